The topological polar surface area (TPSA) is 69.6 Å². The number of hydrogen-bond acceptors (Lipinski definition) is 3. The molecule has 2 N–H and O–H groups in total. The van der Waals surface area contributed by atoms with E-state index >= 15 is 0 Å². The predicted molar refractivity (Wildman–Crippen MR) is 77.0 cm³/mol. The molecule has 20 heavy (non-hydrogen) atoms. The largest absolute Gasteiger partial charge is 0.480 e. The third-order valence-corrected chi connectivity index (χ3v) is 3.95. The maximum atomic E-state index is 12.0. The molecular weight excluding hydrogens is 280 g/mol. The van der Waals surface area contributed by atoms with E-state index in [1.54, 1.807) is 23.1 Å². The molecule has 0 spiro atoms. The molecule has 1 amide bonds. The van der Waals surface area contributed by atoms with Crippen LogP contribution >= 0.6 is 11.6 Å². The van der Waals surface area contributed by atoms with Gasteiger partial charge in [0.25, 0.3) is 0 Å². The summed E-state index contributed by atoms with van der Waals surface area (Å²) in [5, 5.41) is 12.4. The first-order valence-corrected chi connectivity index (χ1v) is 6.88. The van der Waals surface area contributed by atoms with Gasteiger partial charge in [0.05, 0.1) is 6.54 Å². The maximum Gasteiger partial charge on any atom is 0.320 e. The number of amides is 1. The number of carbonyl (C=O) groups is 2. The van der Waals surface area contributed by atoms with Crippen molar-refractivity contribution in [2.75, 3.05) is 18.4 Å². The van der Waals surface area contributed by atoms with Gasteiger partial charge in [0.2, 0.25) is 5.91 Å². The minimum Gasteiger partial charge on any atom is -0.480 e. The Morgan fingerprint density at radius 1 is 1.50 bits per heavy atom. The van der Waals surface area contributed by atoms with Crippen molar-refractivity contribution in [1.29, 1.82) is 0 Å². The van der Waals surface area contributed by atoms with Gasteiger partial charge >= 0.3 is 5.97 Å². The lowest BCUT2D eigenvalue weighted by atomic mass is 10.2. The van der Waals surface area contributed by atoms with Crippen LogP contribution in [0.5, 0.6) is 0 Å². The Labute approximate surface area is 122 Å². The standard InChI is InChI=1S/C14H17ClN2O3/c1-9-10(15)4-2-5-11(9)16-13(18)8-17-7-3-6-12(17)14(19)20/h2,4-5,12H,3,6-8H2,1H3,(H,16,18)(H,19,20)/t12-/m1/s1. The van der Waals surface area contributed by atoms with Crippen molar-refractivity contribution in [1.82, 2.24) is 4.90 Å². The lowest BCUT2D eigenvalue weighted by molar-refractivity contribution is -0.142. The second-order valence-electron chi connectivity index (χ2n) is 4.93. The fourth-order valence-corrected chi connectivity index (χ4v) is 2.59. The summed E-state index contributed by atoms with van der Waals surface area (Å²) >= 11 is 5.99. The van der Waals surface area contributed by atoms with E-state index in [-0.39, 0.29) is 12.5 Å². The lowest BCUT2D eigenvalue weighted by Crippen LogP contribution is -2.40. The van der Waals surface area contributed by atoms with Crippen LogP contribution in [0.1, 0.15) is 18.4 Å². The van der Waals surface area contributed by atoms with Gasteiger partial charge in [0.1, 0.15) is 6.04 Å². The third-order valence-electron chi connectivity index (χ3n) is 3.54. The Kier molecular flexibility index (Phi) is 4.62. The average Bonchev–Trinajstić information content (AvgIpc) is 2.83. The zero-order valence-corrected chi connectivity index (χ0v) is 12.0. The van der Waals surface area contributed by atoms with E-state index in [0.29, 0.717) is 23.7 Å². The molecule has 1 fully saturated rings. The third kappa shape index (κ3) is 3.29. The molecule has 0 aliphatic carbocycles. The molecule has 1 aliphatic rings. The molecule has 1 aromatic rings. The maximum absolute atomic E-state index is 12.0. The predicted octanol–water partition coefficient (Wildman–Crippen LogP) is 2.14. The number of hydrogen-bond donors (Lipinski definition) is 2. The van der Waals surface area contributed by atoms with Crippen LogP contribution in [-0.2, 0) is 9.59 Å². The minimum atomic E-state index is -0.866. The number of carbonyl (C=O) groups excluding carboxylic acids is 1. The molecule has 0 radical (unpaired) electrons. The molecule has 2 rings (SSSR count). The number of aliphatic carboxylic acids is 1. The molecule has 1 aliphatic heterocycles. The van der Waals surface area contributed by atoms with E-state index < -0.39 is 12.0 Å². The first-order chi connectivity index (χ1) is 9.49. The second-order valence-corrected chi connectivity index (χ2v) is 5.33. The normalized spacial score (nSPS) is 19.0. The first kappa shape index (κ1) is 14.8. The van der Waals surface area contributed by atoms with Crippen molar-refractivity contribution in [3.63, 3.8) is 0 Å². The zero-order chi connectivity index (χ0) is 14.7. The molecule has 108 valence electrons. The fraction of sp³-hybridized carbons (Fsp3) is 0.429. The number of benzene rings is 1. The molecule has 1 atom stereocenters. The Morgan fingerprint density at radius 3 is 2.95 bits per heavy atom. The van der Waals surface area contributed by atoms with Crippen molar-refractivity contribution < 1.29 is 14.7 Å². The lowest BCUT2D eigenvalue weighted by Gasteiger charge is -2.20. The number of nitrogens with one attached hydrogen (secondary N) is 1. The molecule has 0 saturated carbocycles. The van der Waals surface area contributed by atoms with Crippen LogP contribution in [-0.4, -0.2) is 41.0 Å². The van der Waals surface area contributed by atoms with Gasteiger partial charge in [-0.25, -0.2) is 0 Å². The summed E-state index contributed by atoms with van der Waals surface area (Å²) in [5.74, 6) is -1.09. The fourth-order valence-electron chi connectivity index (χ4n) is 2.41. The number of anilines is 1. The van der Waals surface area contributed by atoms with Crippen molar-refractivity contribution in [3.8, 4) is 0 Å². The second kappa shape index (κ2) is 6.24. The quantitative estimate of drug-likeness (QED) is 0.893. The molecule has 1 aromatic carbocycles. The van der Waals surface area contributed by atoms with Gasteiger partial charge in [-0.3, -0.25) is 14.5 Å². The van der Waals surface area contributed by atoms with E-state index in [1.807, 2.05) is 6.92 Å². The van der Waals surface area contributed by atoms with Gasteiger partial charge in [-0.15, -0.1) is 0 Å². The summed E-state index contributed by atoms with van der Waals surface area (Å²) in [5.41, 5.74) is 1.47. The minimum absolute atomic E-state index is 0.0862. The van der Waals surface area contributed by atoms with Crippen molar-refractivity contribution in [2.45, 2.75) is 25.8 Å². The highest BCUT2D eigenvalue weighted by Gasteiger charge is 2.31. The average molecular weight is 297 g/mol. The SMILES string of the molecule is Cc1c(Cl)cccc1NC(=O)CN1CCC[C@@H]1C(=O)O. The number of carboxylic acids is 1. The summed E-state index contributed by atoms with van der Waals surface area (Å²) in [6.07, 6.45) is 1.40. The van der Waals surface area contributed by atoms with Gasteiger partial charge in [0, 0.05) is 10.7 Å². The van der Waals surface area contributed by atoms with Crippen molar-refractivity contribution >= 4 is 29.2 Å². The molecule has 1 saturated heterocycles. The molecule has 1 heterocycles. The number of likely N-dealkylation sites (tertiary alicyclic amines) is 1. The van der Waals surface area contributed by atoms with E-state index in [1.165, 1.54) is 0 Å². The Balaban J connectivity index is 1.99. The van der Waals surface area contributed by atoms with E-state index in [0.717, 1.165) is 12.0 Å². The monoisotopic (exact) mass is 296 g/mol. The van der Waals surface area contributed by atoms with Crippen LogP contribution in [0.4, 0.5) is 5.69 Å². The highest BCUT2D eigenvalue weighted by molar-refractivity contribution is 6.31. The van der Waals surface area contributed by atoms with E-state index in [4.69, 9.17) is 16.7 Å². The number of carboxylic acid groups (broad SMARTS) is 1. The van der Waals surface area contributed by atoms with Gasteiger partial charge in [-0.05, 0) is 44.0 Å². The van der Waals surface area contributed by atoms with Crippen LogP contribution in [0.25, 0.3) is 0 Å². The zero-order valence-electron chi connectivity index (χ0n) is 11.2. The van der Waals surface area contributed by atoms with E-state index in [9.17, 15) is 9.59 Å². The van der Waals surface area contributed by atoms with Crippen LogP contribution in [0, 0.1) is 6.92 Å². The summed E-state index contributed by atoms with van der Waals surface area (Å²) in [7, 11) is 0. The molecule has 0 bridgehead atoms. The first-order valence-electron chi connectivity index (χ1n) is 6.51. The summed E-state index contributed by atoms with van der Waals surface area (Å²) in [6.45, 7) is 2.55. The number of nitrogens with zero attached hydrogens (tertiary/aromatic N) is 1. The van der Waals surface area contributed by atoms with Gasteiger partial charge < -0.3 is 10.4 Å². The highest BCUT2D eigenvalue weighted by atomic mass is 35.5. The van der Waals surface area contributed by atoms with Gasteiger partial charge in [-0.2, -0.15) is 0 Å². The molecular formula is C14H17ClN2O3. The molecule has 0 unspecified atom stereocenters. The molecule has 5 nitrogen and oxygen atoms in total. The Bertz CT molecular complexity index is 533. The van der Waals surface area contributed by atoms with Crippen LogP contribution in [0.3, 0.4) is 0 Å². The van der Waals surface area contributed by atoms with Crippen LogP contribution in [0.2, 0.25) is 5.02 Å². The van der Waals surface area contributed by atoms with Gasteiger partial charge in [0.15, 0.2) is 0 Å². The van der Waals surface area contributed by atoms with Crippen LogP contribution < -0.4 is 5.32 Å². The summed E-state index contributed by atoms with van der Waals surface area (Å²) < 4.78 is 0. The molecule has 0 aromatic heterocycles. The molecule has 6 heteroatoms. The van der Waals surface area contributed by atoms with E-state index in [2.05, 4.69) is 5.32 Å². The highest BCUT2D eigenvalue weighted by Crippen LogP contribution is 2.23. The smallest absolute Gasteiger partial charge is 0.320 e. The van der Waals surface area contributed by atoms with Crippen molar-refractivity contribution in [3.05, 3.63) is 28.8 Å². The summed E-state index contributed by atoms with van der Waals surface area (Å²) in [4.78, 5) is 24.8. The van der Waals surface area contributed by atoms with Crippen molar-refractivity contribution in [2.24, 2.45) is 0 Å². The van der Waals surface area contributed by atoms with Crippen LogP contribution in [0.15, 0.2) is 18.2 Å². The number of halogens is 1. The Hall–Kier alpha value is -1.59. The summed E-state index contributed by atoms with van der Waals surface area (Å²) in [6, 6.07) is 4.74. The number of rotatable bonds is 4. The Morgan fingerprint density at radius 2 is 2.25 bits per heavy atom. The van der Waals surface area contributed by atoms with Gasteiger partial charge in [-0.1, -0.05) is 17.7 Å².